The van der Waals surface area contributed by atoms with E-state index in [4.69, 9.17) is 17.3 Å². The maximum absolute atomic E-state index is 13.4. The first-order chi connectivity index (χ1) is 9.16. The molecule has 2 aromatic rings. The summed E-state index contributed by atoms with van der Waals surface area (Å²) in [6.07, 6.45) is 1.61. The standard InChI is InChI=1S/C16H15ClFN/c17-16-11(5-3-7-14(16)18)9-15(19)13-8-10-4-1-2-6-12(10)13/h1-7,13,15H,8-9,19H2. The largest absolute Gasteiger partial charge is 0.327 e. The van der Waals surface area contributed by atoms with Crippen LogP contribution in [0.2, 0.25) is 5.02 Å². The quantitative estimate of drug-likeness (QED) is 0.908. The van der Waals surface area contributed by atoms with E-state index < -0.39 is 0 Å². The summed E-state index contributed by atoms with van der Waals surface area (Å²) in [4.78, 5) is 0. The van der Waals surface area contributed by atoms with Gasteiger partial charge in [0.25, 0.3) is 0 Å². The highest BCUT2D eigenvalue weighted by atomic mass is 35.5. The van der Waals surface area contributed by atoms with Gasteiger partial charge in [-0.1, -0.05) is 48.0 Å². The first kappa shape index (κ1) is 12.6. The van der Waals surface area contributed by atoms with Crippen LogP contribution in [0.25, 0.3) is 0 Å². The third-order valence-corrected chi connectivity index (χ3v) is 4.32. The van der Waals surface area contributed by atoms with Crippen LogP contribution in [-0.4, -0.2) is 6.04 Å². The number of halogens is 2. The summed E-state index contributed by atoms with van der Waals surface area (Å²) in [6.45, 7) is 0. The Morgan fingerprint density at radius 3 is 2.79 bits per heavy atom. The van der Waals surface area contributed by atoms with Gasteiger partial charge >= 0.3 is 0 Å². The molecule has 0 bridgehead atoms. The molecule has 0 spiro atoms. The van der Waals surface area contributed by atoms with Crippen LogP contribution in [0.4, 0.5) is 4.39 Å². The molecule has 19 heavy (non-hydrogen) atoms. The monoisotopic (exact) mass is 275 g/mol. The summed E-state index contributed by atoms with van der Waals surface area (Å²) in [7, 11) is 0. The average Bonchev–Trinajstić information content (AvgIpc) is 2.36. The highest BCUT2D eigenvalue weighted by Crippen LogP contribution is 2.38. The van der Waals surface area contributed by atoms with Crippen molar-refractivity contribution in [1.82, 2.24) is 0 Å². The molecule has 2 unspecified atom stereocenters. The Bertz CT molecular complexity index is 611. The van der Waals surface area contributed by atoms with Crippen molar-refractivity contribution in [2.45, 2.75) is 24.8 Å². The van der Waals surface area contributed by atoms with Gasteiger partial charge in [0, 0.05) is 12.0 Å². The predicted octanol–water partition coefficient (Wildman–Crippen LogP) is 3.69. The minimum absolute atomic E-state index is 0.0193. The van der Waals surface area contributed by atoms with Crippen molar-refractivity contribution in [3.63, 3.8) is 0 Å². The topological polar surface area (TPSA) is 26.0 Å². The van der Waals surface area contributed by atoms with Crippen LogP contribution in [0.5, 0.6) is 0 Å². The lowest BCUT2D eigenvalue weighted by molar-refractivity contribution is 0.479. The third kappa shape index (κ3) is 2.26. The number of rotatable bonds is 3. The van der Waals surface area contributed by atoms with E-state index in [1.54, 1.807) is 6.07 Å². The zero-order valence-electron chi connectivity index (χ0n) is 10.4. The number of benzene rings is 2. The maximum atomic E-state index is 13.4. The van der Waals surface area contributed by atoms with Gasteiger partial charge in [-0.05, 0) is 35.6 Å². The molecule has 98 valence electrons. The van der Waals surface area contributed by atoms with Crippen LogP contribution in [0.15, 0.2) is 42.5 Å². The summed E-state index contributed by atoms with van der Waals surface area (Å²) in [6, 6.07) is 13.2. The Morgan fingerprint density at radius 2 is 2.00 bits per heavy atom. The average molecular weight is 276 g/mol. The zero-order chi connectivity index (χ0) is 13.4. The van der Waals surface area contributed by atoms with Gasteiger partial charge in [0.1, 0.15) is 5.82 Å². The number of fused-ring (bicyclic) bond motifs is 1. The molecule has 0 saturated heterocycles. The molecule has 0 aromatic heterocycles. The summed E-state index contributed by atoms with van der Waals surface area (Å²) in [5.74, 6) is -0.0177. The molecule has 3 rings (SSSR count). The molecule has 0 fully saturated rings. The van der Waals surface area contributed by atoms with E-state index in [9.17, 15) is 4.39 Å². The van der Waals surface area contributed by atoms with Gasteiger partial charge in [0.2, 0.25) is 0 Å². The van der Waals surface area contributed by atoms with Crippen molar-refractivity contribution >= 4 is 11.6 Å². The SMILES string of the molecule is NC(Cc1cccc(F)c1Cl)C1Cc2ccccc21. The van der Waals surface area contributed by atoms with Crippen LogP contribution < -0.4 is 5.73 Å². The van der Waals surface area contributed by atoms with Gasteiger partial charge in [-0.2, -0.15) is 0 Å². The fourth-order valence-corrected chi connectivity index (χ4v) is 2.99. The minimum Gasteiger partial charge on any atom is -0.327 e. The maximum Gasteiger partial charge on any atom is 0.142 e. The Kier molecular flexibility index (Phi) is 3.29. The van der Waals surface area contributed by atoms with Crippen LogP contribution in [-0.2, 0) is 12.8 Å². The second kappa shape index (κ2) is 4.95. The van der Waals surface area contributed by atoms with Crippen LogP contribution in [0.1, 0.15) is 22.6 Å². The second-order valence-electron chi connectivity index (χ2n) is 5.09. The lowest BCUT2D eigenvalue weighted by atomic mass is 9.72. The number of hydrogen-bond donors (Lipinski definition) is 1. The van der Waals surface area contributed by atoms with Crippen molar-refractivity contribution < 1.29 is 4.39 Å². The first-order valence-electron chi connectivity index (χ1n) is 6.43. The predicted molar refractivity (Wildman–Crippen MR) is 76.0 cm³/mol. The first-order valence-corrected chi connectivity index (χ1v) is 6.81. The van der Waals surface area contributed by atoms with E-state index in [2.05, 4.69) is 12.1 Å². The highest BCUT2D eigenvalue weighted by Gasteiger charge is 2.30. The minimum atomic E-state index is -0.375. The normalized spacial score (nSPS) is 18.6. The summed E-state index contributed by atoms with van der Waals surface area (Å²) < 4.78 is 13.4. The molecule has 0 radical (unpaired) electrons. The van der Waals surface area contributed by atoms with Gasteiger partial charge < -0.3 is 5.73 Å². The Hall–Kier alpha value is -1.38. The Labute approximate surface area is 117 Å². The molecular weight excluding hydrogens is 261 g/mol. The summed E-state index contributed by atoms with van der Waals surface area (Å²) in [5.41, 5.74) is 9.74. The van der Waals surface area contributed by atoms with E-state index in [1.807, 2.05) is 18.2 Å². The van der Waals surface area contributed by atoms with Gasteiger partial charge in [0.15, 0.2) is 0 Å². The van der Waals surface area contributed by atoms with Crippen molar-refractivity contribution in [1.29, 1.82) is 0 Å². The van der Waals surface area contributed by atoms with Crippen molar-refractivity contribution in [3.8, 4) is 0 Å². The molecule has 1 aliphatic carbocycles. The molecule has 2 atom stereocenters. The van der Waals surface area contributed by atoms with Gasteiger partial charge in [0.05, 0.1) is 5.02 Å². The fourth-order valence-electron chi connectivity index (χ4n) is 2.78. The Balaban J connectivity index is 1.77. The van der Waals surface area contributed by atoms with E-state index in [1.165, 1.54) is 17.2 Å². The number of hydrogen-bond acceptors (Lipinski definition) is 1. The third-order valence-electron chi connectivity index (χ3n) is 3.90. The molecule has 0 aliphatic heterocycles. The molecule has 3 heteroatoms. The van der Waals surface area contributed by atoms with Crippen LogP contribution in [0.3, 0.4) is 0 Å². The van der Waals surface area contributed by atoms with Crippen LogP contribution in [0, 0.1) is 5.82 Å². The zero-order valence-corrected chi connectivity index (χ0v) is 11.2. The van der Waals surface area contributed by atoms with E-state index in [0.29, 0.717) is 12.3 Å². The lowest BCUT2D eigenvalue weighted by Crippen LogP contribution is -2.37. The Morgan fingerprint density at radius 1 is 1.21 bits per heavy atom. The smallest absolute Gasteiger partial charge is 0.142 e. The van der Waals surface area contributed by atoms with Crippen molar-refractivity contribution in [3.05, 3.63) is 70.0 Å². The van der Waals surface area contributed by atoms with Crippen molar-refractivity contribution in [2.75, 3.05) is 0 Å². The molecule has 2 N–H and O–H groups in total. The molecule has 0 saturated carbocycles. The summed E-state index contributed by atoms with van der Waals surface area (Å²) in [5, 5.41) is 0.200. The van der Waals surface area contributed by atoms with E-state index in [-0.39, 0.29) is 16.9 Å². The lowest BCUT2D eigenvalue weighted by Gasteiger charge is -2.34. The van der Waals surface area contributed by atoms with E-state index >= 15 is 0 Å². The fraction of sp³-hybridized carbons (Fsp3) is 0.250. The second-order valence-corrected chi connectivity index (χ2v) is 5.47. The van der Waals surface area contributed by atoms with E-state index in [0.717, 1.165) is 12.0 Å². The highest BCUT2D eigenvalue weighted by molar-refractivity contribution is 6.31. The molecule has 1 nitrogen and oxygen atoms in total. The molecule has 2 aromatic carbocycles. The molecule has 0 amide bonds. The molecule has 1 aliphatic rings. The molecule has 0 heterocycles. The molecular formula is C16H15ClFN. The van der Waals surface area contributed by atoms with Gasteiger partial charge in [-0.15, -0.1) is 0 Å². The van der Waals surface area contributed by atoms with Gasteiger partial charge in [-0.25, -0.2) is 4.39 Å². The summed E-state index contributed by atoms with van der Waals surface area (Å²) >= 11 is 5.97. The van der Waals surface area contributed by atoms with Crippen molar-refractivity contribution in [2.24, 2.45) is 5.73 Å². The van der Waals surface area contributed by atoms with Gasteiger partial charge in [-0.3, -0.25) is 0 Å². The van der Waals surface area contributed by atoms with Crippen LogP contribution >= 0.6 is 11.6 Å². The number of nitrogens with two attached hydrogens (primary N) is 1.